The first-order valence-electron chi connectivity index (χ1n) is 7.58. The van der Waals surface area contributed by atoms with E-state index in [1.165, 1.54) is 17.5 Å². The molecule has 1 aromatic carbocycles. The van der Waals surface area contributed by atoms with E-state index in [2.05, 4.69) is 20.3 Å². The summed E-state index contributed by atoms with van der Waals surface area (Å²) in [5, 5.41) is 5.52. The highest BCUT2D eigenvalue weighted by atomic mass is 35.5. The van der Waals surface area contributed by atoms with Gasteiger partial charge < -0.3 is 10.1 Å². The molecular weight excluding hydrogens is 360 g/mol. The molecule has 0 fully saturated rings. The molecule has 0 saturated carbocycles. The number of nitrogens with zero attached hydrogens (tertiary/aromatic N) is 3. The van der Waals surface area contributed by atoms with Gasteiger partial charge >= 0.3 is 5.97 Å². The van der Waals surface area contributed by atoms with E-state index in [0.717, 1.165) is 11.3 Å². The Morgan fingerprint density at radius 2 is 2.08 bits per heavy atom. The molecule has 0 spiro atoms. The molecule has 2 heterocycles. The van der Waals surface area contributed by atoms with Gasteiger partial charge in [-0.25, -0.2) is 19.7 Å². The average Bonchev–Trinajstić information content (AvgIpc) is 3.10. The van der Waals surface area contributed by atoms with Gasteiger partial charge in [0, 0.05) is 17.1 Å². The highest BCUT2D eigenvalue weighted by Crippen LogP contribution is 2.25. The van der Waals surface area contributed by atoms with Crippen LogP contribution in [0.15, 0.2) is 41.9 Å². The summed E-state index contributed by atoms with van der Waals surface area (Å²) in [5.41, 5.74) is 1.86. The van der Waals surface area contributed by atoms with Gasteiger partial charge in [-0.3, -0.25) is 0 Å². The standard InChI is InChI=1S/C17H15ClN4O2S/c1-2-24-16(23)13-9-19-14(11-6-4-3-5-7-11)21-15(13)22-17-20-12(8-18)10-25-17/h3-7,9-10H,2,8H2,1H3,(H,19,20,21,22). The van der Waals surface area contributed by atoms with Gasteiger partial charge in [0.2, 0.25) is 0 Å². The minimum atomic E-state index is -0.487. The zero-order chi connectivity index (χ0) is 17.6. The van der Waals surface area contributed by atoms with Crippen molar-refractivity contribution in [1.29, 1.82) is 0 Å². The number of carbonyl (C=O) groups excluding carboxylic acids is 1. The van der Waals surface area contributed by atoms with Crippen LogP contribution in [0.25, 0.3) is 11.4 Å². The fourth-order valence-corrected chi connectivity index (χ4v) is 3.03. The third-order valence-electron chi connectivity index (χ3n) is 3.23. The van der Waals surface area contributed by atoms with Crippen molar-refractivity contribution in [1.82, 2.24) is 15.0 Å². The summed E-state index contributed by atoms with van der Waals surface area (Å²) < 4.78 is 5.08. The molecule has 0 amide bonds. The van der Waals surface area contributed by atoms with Gasteiger partial charge in [-0.05, 0) is 6.92 Å². The number of esters is 1. The van der Waals surface area contributed by atoms with Gasteiger partial charge in [-0.1, -0.05) is 30.3 Å². The second-order valence-electron chi connectivity index (χ2n) is 4.95. The number of thiazole rings is 1. The number of ether oxygens (including phenoxy) is 1. The summed E-state index contributed by atoms with van der Waals surface area (Å²) in [6.45, 7) is 2.02. The van der Waals surface area contributed by atoms with Crippen molar-refractivity contribution < 1.29 is 9.53 Å². The summed E-state index contributed by atoms with van der Waals surface area (Å²) >= 11 is 7.17. The smallest absolute Gasteiger partial charge is 0.343 e. The molecule has 0 radical (unpaired) electrons. The number of benzene rings is 1. The van der Waals surface area contributed by atoms with E-state index >= 15 is 0 Å². The molecule has 0 atom stereocenters. The van der Waals surface area contributed by atoms with E-state index in [1.54, 1.807) is 6.92 Å². The molecule has 3 aromatic rings. The molecule has 3 rings (SSSR count). The summed E-state index contributed by atoms with van der Waals surface area (Å²) in [5.74, 6) is 0.689. The minimum Gasteiger partial charge on any atom is -0.462 e. The third-order valence-corrected chi connectivity index (χ3v) is 4.31. The number of anilines is 2. The lowest BCUT2D eigenvalue weighted by molar-refractivity contribution is 0.0526. The van der Waals surface area contributed by atoms with Crippen LogP contribution in [-0.4, -0.2) is 27.5 Å². The van der Waals surface area contributed by atoms with Crippen LogP contribution < -0.4 is 5.32 Å². The maximum absolute atomic E-state index is 12.2. The Morgan fingerprint density at radius 3 is 2.76 bits per heavy atom. The second kappa shape index (κ2) is 8.04. The number of hydrogen-bond acceptors (Lipinski definition) is 7. The number of rotatable bonds is 6. The van der Waals surface area contributed by atoms with Crippen LogP contribution in [0.5, 0.6) is 0 Å². The van der Waals surface area contributed by atoms with E-state index < -0.39 is 5.97 Å². The Morgan fingerprint density at radius 1 is 1.28 bits per heavy atom. The quantitative estimate of drug-likeness (QED) is 0.513. The lowest BCUT2D eigenvalue weighted by Gasteiger charge is -2.10. The predicted octanol–water partition coefficient (Wildman–Crippen LogP) is 4.26. The van der Waals surface area contributed by atoms with E-state index in [4.69, 9.17) is 16.3 Å². The molecule has 0 aliphatic heterocycles. The zero-order valence-electron chi connectivity index (χ0n) is 13.4. The molecule has 25 heavy (non-hydrogen) atoms. The van der Waals surface area contributed by atoms with Crippen LogP contribution in [0.3, 0.4) is 0 Å². The van der Waals surface area contributed by atoms with Crippen LogP contribution in [0.4, 0.5) is 10.9 Å². The molecule has 1 N–H and O–H groups in total. The number of alkyl halides is 1. The van der Waals surface area contributed by atoms with Crippen molar-refractivity contribution >= 4 is 39.9 Å². The number of halogens is 1. The Balaban J connectivity index is 1.99. The van der Waals surface area contributed by atoms with E-state index in [9.17, 15) is 4.79 Å². The highest BCUT2D eigenvalue weighted by Gasteiger charge is 2.17. The summed E-state index contributed by atoms with van der Waals surface area (Å²) in [4.78, 5) is 25.3. The normalized spacial score (nSPS) is 10.5. The highest BCUT2D eigenvalue weighted by molar-refractivity contribution is 7.13. The van der Waals surface area contributed by atoms with E-state index in [1.807, 2.05) is 35.7 Å². The Labute approximate surface area is 153 Å². The van der Waals surface area contributed by atoms with Crippen LogP contribution in [0.1, 0.15) is 23.0 Å². The first-order chi connectivity index (χ1) is 12.2. The summed E-state index contributed by atoms with van der Waals surface area (Å²) in [7, 11) is 0. The largest absolute Gasteiger partial charge is 0.462 e. The van der Waals surface area contributed by atoms with Crippen LogP contribution in [0, 0.1) is 0 Å². The van der Waals surface area contributed by atoms with E-state index in [0.29, 0.717) is 22.7 Å². The van der Waals surface area contributed by atoms with Crippen molar-refractivity contribution in [3.63, 3.8) is 0 Å². The van der Waals surface area contributed by atoms with Crippen LogP contribution in [-0.2, 0) is 10.6 Å². The van der Waals surface area contributed by atoms with Gasteiger partial charge in [0.05, 0.1) is 18.2 Å². The summed E-state index contributed by atoms with van der Waals surface area (Å²) in [6, 6.07) is 9.52. The molecule has 8 heteroatoms. The molecular formula is C17H15ClN4O2S. The lowest BCUT2D eigenvalue weighted by atomic mass is 10.2. The predicted molar refractivity (Wildman–Crippen MR) is 98.4 cm³/mol. The van der Waals surface area contributed by atoms with Crippen molar-refractivity contribution in [2.45, 2.75) is 12.8 Å². The Kier molecular flexibility index (Phi) is 5.57. The van der Waals surface area contributed by atoms with Gasteiger partial charge in [-0.2, -0.15) is 0 Å². The van der Waals surface area contributed by atoms with Gasteiger partial charge in [0.25, 0.3) is 0 Å². The van der Waals surface area contributed by atoms with E-state index in [-0.39, 0.29) is 12.2 Å². The number of nitrogens with one attached hydrogen (secondary N) is 1. The topological polar surface area (TPSA) is 77.0 Å². The SMILES string of the molecule is CCOC(=O)c1cnc(-c2ccccc2)nc1Nc1nc(CCl)cs1. The van der Waals surface area contributed by atoms with Crippen molar-refractivity contribution in [2.75, 3.05) is 11.9 Å². The van der Waals surface area contributed by atoms with Gasteiger partial charge in [0.15, 0.2) is 16.8 Å². The molecule has 0 aliphatic carbocycles. The fourth-order valence-electron chi connectivity index (χ4n) is 2.09. The van der Waals surface area contributed by atoms with Crippen molar-refractivity contribution in [2.24, 2.45) is 0 Å². The Bertz CT molecular complexity index is 870. The third kappa shape index (κ3) is 4.12. The lowest BCUT2D eigenvalue weighted by Crippen LogP contribution is -2.11. The molecule has 6 nitrogen and oxygen atoms in total. The Hall–Kier alpha value is -2.51. The molecule has 0 aliphatic rings. The van der Waals surface area contributed by atoms with Crippen LogP contribution in [0.2, 0.25) is 0 Å². The molecule has 0 unspecified atom stereocenters. The zero-order valence-corrected chi connectivity index (χ0v) is 15.0. The maximum Gasteiger partial charge on any atom is 0.343 e. The molecule has 0 bridgehead atoms. The number of aromatic nitrogens is 3. The van der Waals surface area contributed by atoms with Crippen molar-refractivity contribution in [3.05, 3.63) is 53.2 Å². The van der Waals surface area contributed by atoms with Gasteiger partial charge in [-0.15, -0.1) is 22.9 Å². The number of hydrogen-bond donors (Lipinski definition) is 1. The first-order valence-corrected chi connectivity index (χ1v) is 8.99. The first kappa shape index (κ1) is 17.3. The average molecular weight is 375 g/mol. The maximum atomic E-state index is 12.2. The molecule has 128 valence electrons. The molecule has 2 aromatic heterocycles. The number of carbonyl (C=O) groups is 1. The minimum absolute atomic E-state index is 0.254. The second-order valence-corrected chi connectivity index (χ2v) is 6.07. The molecule has 0 saturated heterocycles. The van der Waals surface area contributed by atoms with Crippen LogP contribution >= 0.6 is 22.9 Å². The fraction of sp³-hybridized carbons (Fsp3) is 0.176. The monoisotopic (exact) mass is 374 g/mol. The van der Waals surface area contributed by atoms with Crippen molar-refractivity contribution in [3.8, 4) is 11.4 Å². The summed E-state index contributed by atoms with van der Waals surface area (Å²) in [6.07, 6.45) is 1.46. The van der Waals surface area contributed by atoms with Gasteiger partial charge in [0.1, 0.15) is 5.56 Å².